The highest BCUT2D eigenvalue weighted by atomic mass is 32.1. The van der Waals surface area contributed by atoms with Crippen molar-refractivity contribution in [2.45, 2.75) is 198 Å². The first-order chi connectivity index (χ1) is 17.1. The van der Waals surface area contributed by atoms with Crippen LogP contribution in [0.15, 0.2) is 0 Å². The van der Waals surface area contributed by atoms with E-state index in [1.807, 2.05) is 0 Å². The molecular formula is C32H64O2S. The number of carbonyl (C=O) groups is 1. The van der Waals surface area contributed by atoms with Crippen molar-refractivity contribution in [1.29, 1.82) is 0 Å². The molecule has 0 radical (unpaired) electrons. The van der Waals surface area contributed by atoms with Crippen molar-refractivity contribution in [2.24, 2.45) is 0 Å². The molecule has 0 bridgehead atoms. The summed E-state index contributed by atoms with van der Waals surface area (Å²) < 4.78 is -0.810. The van der Waals surface area contributed by atoms with Gasteiger partial charge in [-0.1, -0.05) is 181 Å². The summed E-state index contributed by atoms with van der Waals surface area (Å²) in [4.78, 5) is 11.8. The highest BCUT2D eigenvalue weighted by molar-refractivity contribution is 7.82. The largest absolute Gasteiger partial charge is 0.480 e. The molecule has 0 amide bonds. The zero-order chi connectivity index (χ0) is 25.9. The van der Waals surface area contributed by atoms with Crippen molar-refractivity contribution < 1.29 is 9.90 Å². The van der Waals surface area contributed by atoms with Crippen LogP contribution in [0, 0.1) is 0 Å². The van der Waals surface area contributed by atoms with E-state index in [4.69, 9.17) is 0 Å². The van der Waals surface area contributed by atoms with Gasteiger partial charge in [0.1, 0.15) is 4.75 Å². The van der Waals surface area contributed by atoms with Crippen LogP contribution in [0.4, 0.5) is 0 Å². The van der Waals surface area contributed by atoms with Gasteiger partial charge in [0.15, 0.2) is 0 Å². The standard InChI is InChI=1S/C32H64O2S/c1-3-5-7-9-11-13-15-17-18-20-22-24-26-28-30-32(35,31(33)34)29-27-25-23-21-19-16-14-12-10-8-6-4-2/h35H,3-30H2,1-2H3,(H,33,34). The lowest BCUT2D eigenvalue weighted by atomic mass is 9.93. The van der Waals surface area contributed by atoms with Crippen LogP contribution >= 0.6 is 12.6 Å². The maximum atomic E-state index is 11.8. The molecule has 0 spiro atoms. The fraction of sp³-hybridized carbons (Fsp3) is 0.969. The SMILES string of the molecule is CCCCCCCCCCCCCCCCC(S)(CCCCCCCCCCCCCC)C(=O)O. The smallest absolute Gasteiger partial charge is 0.319 e. The van der Waals surface area contributed by atoms with Gasteiger partial charge in [-0.05, 0) is 12.8 Å². The summed E-state index contributed by atoms with van der Waals surface area (Å²) in [6, 6.07) is 0. The second kappa shape index (κ2) is 26.9. The van der Waals surface area contributed by atoms with Gasteiger partial charge in [-0.15, -0.1) is 0 Å². The van der Waals surface area contributed by atoms with Crippen LogP contribution in [0.5, 0.6) is 0 Å². The fourth-order valence-electron chi connectivity index (χ4n) is 5.21. The maximum absolute atomic E-state index is 11.8. The molecule has 0 saturated heterocycles. The van der Waals surface area contributed by atoms with E-state index < -0.39 is 10.7 Å². The van der Waals surface area contributed by atoms with E-state index in [0.29, 0.717) is 0 Å². The van der Waals surface area contributed by atoms with Gasteiger partial charge in [0.2, 0.25) is 0 Å². The first kappa shape index (κ1) is 34.8. The minimum Gasteiger partial charge on any atom is -0.480 e. The minimum absolute atomic E-state index is 0.710. The average Bonchev–Trinajstić information content (AvgIpc) is 2.84. The van der Waals surface area contributed by atoms with Crippen molar-refractivity contribution >= 4 is 18.6 Å². The Kier molecular flexibility index (Phi) is 26.7. The first-order valence-corrected chi connectivity index (χ1v) is 16.5. The summed E-state index contributed by atoms with van der Waals surface area (Å²) in [7, 11) is 0. The molecular weight excluding hydrogens is 448 g/mol. The Balaban J connectivity index is 3.57. The summed E-state index contributed by atoms with van der Waals surface area (Å²) in [6.07, 6.45) is 35.9. The molecule has 0 heterocycles. The third kappa shape index (κ3) is 23.9. The Morgan fingerprint density at radius 1 is 0.457 bits per heavy atom. The van der Waals surface area contributed by atoms with E-state index in [0.717, 1.165) is 38.5 Å². The minimum atomic E-state index is -0.810. The van der Waals surface area contributed by atoms with E-state index >= 15 is 0 Å². The Morgan fingerprint density at radius 3 is 0.857 bits per heavy atom. The maximum Gasteiger partial charge on any atom is 0.319 e. The molecule has 0 aliphatic rings. The number of carboxylic acid groups (broad SMARTS) is 1. The Bertz CT molecular complexity index is 439. The second-order valence-corrected chi connectivity index (χ2v) is 12.2. The molecule has 210 valence electrons. The Labute approximate surface area is 226 Å². The molecule has 1 N–H and O–H groups in total. The molecule has 3 heteroatoms. The molecule has 1 unspecified atom stereocenters. The summed E-state index contributed by atoms with van der Waals surface area (Å²) >= 11 is 4.64. The van der Waals surface area contributed by atoms with Crippen molar-refractivity contribution in [3.05, 3.63) is 0 Å². The molecule has 2 nitrogen and oxygen atoms in total. The topological polar surface area (TPSA) is 37.3 Å². The van der Waals surface area contributed by atoms with Gasteiger partial charge in [-0.25, -0.2) is 0 Å². The van der Waals surface area contributed by atoms with Crippen molar-refractivity contribution in [1.82, 2.24) is 0 Å². The van der Waals surface area contributed by atoms with Gasteiger partial charge < -0.3 is 5.11 Å². The average molecular weight is 513 g/mol. The van der Waals surface area contributed by atoms with E-state index in [1.54, 1.807) is 0 Å². The number of carboxylic acids is 1. The summed E-state index contributed by atoms with van der Waals surface area (Å²) in [5.74, 6) is -0.710. The van der Waals surface area contributed by atoms with Crippen molar-refractivity contribution in [3.8, 4) is 0 Å². The molecule has 35 heavy (non-hydrogen) atoms. The van der Waals surface area contributed by atoms with Gasteiger partial charge in [-0.2, -0.15) is 12.6 Å². The molecule has 0 aromatic heterocycles. The fourth-order valence-corrected chi connectivity index (χ4v) is 5.53. The number of rotatable bonds is 29. The van der Waals surface area contributed by atoms with E-state index in [9.17, 15) is 9.90 Å². The quantitative estimate of drug-likeness (QED) is 0.0772. The third-order valence-electron chi connectivity index (χ3n) is 7.79. The monoisotopic (exact) mass is 512 g/mol. The van der Waals surface area contributed by atoms with E-state index in [2.05, 4.69) is 26.5 Å². The van der Waals surface area contributed by atoms with Gasteiger partial charge in [-0.3, -0.25) is 4.79 Å². The molecule has 0 aromatic rings. The number of thiol groups is 1. The number of aliphatic carboxylic acids is 1. The molecule has 0 fully saturated rings. The van der Waals surface area contributed by atoms with E-state index in [1.165, 1.54) is 141 Å². The van der Waals surface area contributed by atoms with Gasteiger partial charge in [0, 0.05) is 0 Å². The predicted octanol–water partition coefficient (Wildman–Crippen LogP) is 11.7. The van der Waals surface area contributed by atoms with Gasteiger partial charge in [0.05, 0.1) is 0 Å². The predicted molar refractivity (Wildman–Crippen MR) is 160 cm³/mol. The van der Waals surface area contributed by atoms with Crippen LogP contribution in [0.25, 0.3) is 0 Å². The third-order valence-corrected chi connectivity index (χ3v) is 8.42. The van der Waals surface area contributed by atoms with Gasteiger partial charge >= 0.3 is 5.97 Å². The summed E-state index contributed by atoms with van der Waals surface area (Å²) in [5.41, 5.74) is 0. The van der Waals surface area contributed by atoms with Crippen LogP contribution in [-0.4, -0.2) is 15.8 Å². The van der Waals surface area contributed by atoms with E-state index in [-0.39, 0.29) is 0 Å². The molecule has 0 aliphatic heterocycles. The van der Waals surface area contributed by atoms with Gasteiger partial charge in [0.25, 0.3) is 0 Å². The molecule has 0 aromatic carbocycles. The number of hydrogen-bond donors (Lipinski definition) is 2. The molecule has 0 aliphatic carbocycles. The second-order valence-electron chi connectivity index (χ2n) is 11.3. The van der Waals surface area contributed by atoms with Crippen LogP contribution in [0.1, 0.15) is 194 Å². The lowest BCUT2D eigenvalue weighted by molar-refractivity contribution is -0.140. The highest BCUT2D eigenvalue weighted by Gasteiger charge is 2.32. The van der Waals surface area contributed by atoms with Crippen LogP contribution in [-0.2, 0) is 4.79 Å². The van der Waals surface area contributed by atoms with Crippen LogP contribution in [0.3, 0.4) is 0 Å². The number of unbranched alkanes of at least 4 members (excludes halogenated alkanes) is 24. The zero-order valence-electron chi connectivity index (χ0n) is 24.1. The Hall–Kier alpha value is -0.180. The lowest BCUT2D eigenvalue weighted by Crippen LogP contribution is -2.32. The number of hydrogen-bond acceptors (Lipinski definition) is 2. The normalized spacial score (nSPS) is 13.2. The van der Waals surface area contributed by atoms with Crippen molar-refractivity contribution in [2.75, 3.05) is 0 Å². The Morgan fingerprint density at radius 2 is 0.657 bits per heavy atom. The van der Waals surface area contributed by atoms with Crippen LogP contribution < -0.4 is 0 Å². The summed E-state index contributed by atoms with van der Waals surface area (Å²) in [5, 5.41) is 9.74. The highest BCUT2D eigenvalue weighted by Crippen LogP contribution is 2.30. The molecule has 0 rings (SSSR count). The molecule has 1 atom stereocenters. The molecule has 0 saturated carbocycles. The van der Waals surface area contributed by atoms with Crippen LogP contribution in [0.2, 0.25) is 0 Å². The first-order valence-electron chi connectivity index (χ1n) is 16.0. The van der Waals surface area contributed by atoms with Crippen molar-refractivity contribution in [3.63, 3.8) is 0 Å². The summed E-state index contributed by atoms with van der Waals surface area (Å²) in [6.45, 7) is 4.55. The zero-order valence-corrected chi connectivity index (χ0v) is 25.0. The lowest BCUT2D eigenvalue weighted by Gasteiger charge is -2.23.